The lowest BCUT2D eigenvalue weighted by atomic mass is 9.99. The zero-order valence-electron chi connectivity index (χ0n) is 21.9. The first kappa shape index (κ1) is 29.0. The first-order chi connectivity index (χ1) is 18.2. The van der Waals surface area contributed by atoms with Crippen molar-refractivity contribution in [3.63, 3.8) is 0 Å². The molecule has 0 aliphatic carbocycles. The monoisotopic (exact) mass is 541 g/mol. The summed E-state index contributed by atoms with van der Waals surface area (Å²) < 4.78 is 39.0. The first-order valence-electron chi connectivity index (χ1n) is 12.3. The lowest BCUT2D eigenvalue weighted by Gasteiger charge is -2.31. The highest BCUT2D eigenvalue weighted by Gasteiger charge is 2.31. The fourth-order valence-electron chi connectivity index (χ4n) is 3.86. The number of aromatic nitrogens is 2. The average molecular weight is 542 g/mol. The molecule has 1 aromatic heterocycles. The van der Waals surface area contributed by atoms with E-state index >= 15 is 0 Å². The van der Waals surface area contributed by atoms with Crippen molar-refractivity contribution >= 4 is 16.1 Å². The van der Waals surface area contributed by atoms with Crippen molar-refractivity contribution in [2.24, 2.45) is 11.7 Å². The number of hydrogen-bond donors (Lipinski definition) is 2. The Labute approximate surface area is 224 Å². The molecule has 0 radical (unpaired) electrons. The SMILES string of the molecule is COc1ccc(S(=O)(=O)N(CC(C)C)C[C@@H](N)[C@H](Cc2ccccc2)NC(=O)OCc2cncnc2)cc1. The van der Waals surface area contributed by atoms with Gasteiger partial charge in [0.05, 0.1) is 18.0 Å². The van der Waals surface area contributed by atoms with Gasteiger partial charge in [0.2, 0.25) is 10.0 Å². The second-order valence-electron chi connectivity index (χ2n) is 9.32. The molecule has 38 heavy (non-hydrogen) atoms. The lowest BCUT2D eigenvalue weighted by molar-refractivity contribution is 0.133. The average Bonchev–Trinajstić information content (AvgIpc) is 2.92. The smallest absolute Gasteiger partial charge is 0.407 e. The highest BCUT2D eigenvalue weighted by atomic mass is 32.2. The lowest BCUT2D eigenvalue weighted by Crippen LogP contribution is -2.55. The van der Waals surface area contributed by atoms with Gasteiger partial charge in [-0.3, -0.25) is 0 Å². The van der Waals surface area contributed by atoms with Crippen LogP contribution in [0.25, 0.3) is 0 Å². The molecule has 0 unspecified atom stereocenters. The third-order valence-electron chi connectivity index (χ3n) is 5.78. The summed E-state index contributed by atoms with van der Waals surface area (Å²) in [4.78, 5) is 20.7. The summed E-state index contributed by atoms with van der Waals surface area (Å²) in [6.07, 6.45) is 4.23. The number of hydrogen-bond acceptors (Lipinski definition) is 8. The number of alkyl carbamates (subject to hydrolysis) is 1. The standard InChI is InChI=1S/C27H35N5O5S/c1-20(2)16-32(38(34,35)24-11-9-23(36-3)10-12-24)17-25(28)26(13-21-7-5-4-6-8-21)31-27(33)37-18-22-14-29-19-30-15-22/h4-12,14-15,19-20,25-26H,13,16-18,28H2,1-3H3,(H,31,33)/t25-,26+/m1/s1. The summed E-state index contributed by atoms with van der Waals surface area (Å²) in [5.41, 5.74) is 8.18. The molecule has 2 aromatic carbocycles. The van der Waals surface area contributed by atoms with Crippen molar-refractivity contribution in [1.29, 1.82) is 0 Å². The van der Waals surface area contributed by atoms with E-state index in [-0.39, 0.29) is 30.5 Å². The summed E-state index contributed by atoms with van der Waals surface area (Å²) in [5, 5.41) is 2.84. The number of methoxy groups -OCH3 is 1. The Morgan fingerprint density at radius 2 is 1.66 bits per heavy atom. The maximum atomic E-state index is 13.6. The van der Waals surface area contributed by atoms with Crippen molar-refractivity contribution in [3.8, 4) is 5.75 Å². The van der Waals surface area contributed by atoms with Crippen molar-refractivity contribution in [2.75, 3.05) is 20.2 Å². The number of nitrogens with one attached hydrogen (secondary N) is 1. The molecule has 0 aliphatic rings. The molecule has 0 aliphatic heterocycles. The van der Waals surface area contributed by atoms with Crippen LogP contribution in [0.5, 0.6) is 5.75 Å². The number of nitrogens with zero attached hydrogens (tertiary/aromatic N) is 3. The van der Waals surface area contributed by atoms with Gasteiger partial charge in [0.25, 0.3) is 0 Å². The molecule has 0 saturated carbocycles. The first-order valence-corrected chi connectivity index (χ1v) is 13.7. The summed E-state index contributed by atoms with van der Waals surface area (Å²) in [5.74, 6) is 0.609. The number of sulfonamides is 1. The Balaban J connectivity index is 1.79. The van der Waals surface area contributed by atoms with Gasteiger partial charge in [0.15, 0.2) is 0 Å². The number of carbonyl (C=O) groups is 1. The van der Waals surface area contributed by atoms with Gasteiger partial charge in [0, 0.05) is 37.1 Å². The normalized spacial score (nSPS) is 13.2. The van der Waals surface area contributed by atoms with Gasteiger partial charge in [-0.2, -0.15) is 4.31 Å². The van der Waals surface area contributed by atoms with Gasteiger partial charge in [-0.25, -0.2) is 23.2 Å². The van der Waals surface area contributed by atoms with Crippen LogP contribution in [0.2, 0.25) is 0 Å². The van der Waals surface area contributed by atoms with E-state index < -0.39 is 28.2 Å². The van der Waals surface area contributed by atoms with E-state index in [1.807, 2.05) is 44.2 Å². The van der Waals surface area contributed by atoms with E-state index in [1.165, 1.54) is 29.9 Å². The quantitative estimate of drug-likeness (QED) is 0.337. The molecule has 0 spiro atoms. The largest absolute Gasteiger partial charge is 0.497 e. The number of ether oxygens (including phenoxy) is 2. The van der Waals surface area contributed by atoms with Crippen LogP contribution < -0.4 is 15.8 Å². The Kier molecular flexibility index (Phi) is 10.6. The summed E-state index contributed by atoms with van der Waals surface area (Å²) in [7, 11) is -2.34. The van der Waals surface area contributed by atoms with Crippen molar-refractivity contribution < 1.29 is 22.7 Å². The maximum absolute atomic E-state index is 13.6. The van der Waals surface area contributed by atoms with E-state index in [9.17, 15) is 13.2 Å². The summed E-state index contributed by atoms with van der Waals surface area (Å²) >= 11 is 0. The molecular formula is C27H35N5O5S. The molecule has 11 heteroatoms. The molecular weight excluding hydrogens is 506 g/mol. The van der Waals surface area contributed by atoms with Gasteiger partial charge in [-0.15, -0.1) is 0 Å². The number of amides is 1. The molecule has 3 aromatic rings. The topological polar surface area (TPSA) is 137 Å². The van der Waals surface area contributed by atoms with Crippen LogP contribution in [-0.2, 0) is 27.8 Å². The summed E-state index contributed by atoms with van der Waals surface area (Å²) in [6.45, 7) is 4.12. The van der Waals surface area contributed by atoms with Gasteiger partial charge in [-0.05, 0) is 42.2 Å². The van der Waals surface area contributed by atoms with Gasteiger partial charge < -0.3 is 20.5 Å². The number of carbonyl (C=O) groups excluding carboxylic acids is 1. The highest BCUT2D eigenvalue weighted by molar-refractivity contribution is 7.89. The Morgan fingerprint density at radius 1 is 1.00 bits per heavy atom. The van der Waals surface area contributed by atoms with E-state index in [0.29, 0.717) is 17.7 Å². The van der Waals surface area contributed by atoms with Crippen LogP contribution >= 0.6 is 0 Å². The zero-order valence-corrected chi connectivity index (χ0v) is 22.7. The van der Waals surface area contributed by atoms with Crippen LogP contribution in [0.4, 0.5) is 4.79 Å². The molecule has 1 amide bonds. The molecule has 0 bridgehead atoms. The minimum absolute atomic E-state index is 0.00313. The second-order valence-corrected chi connectivity index (χ2v) is 11.3. The molecule has 0 fully saturated rings. The van der Waals surface area contributed by atoms with E-state index in [1.54, 1.807) is 24.5 Å². The van der Waals surface area contributed by atoms with Crippen LogP contribution in [0, 0.1) is 5.92 Å². The predicted molar refractivity (Wildman–Crippen MR) is 144 cm³/mol. The molecule has 3 rings (SSSR count). The minimum Gasteiger partial charge on any atom is -0.497 e. The van der Waals surface area contributed by atoms with Crippen LogP contribution in [0.3, 0.4) is 0 Å². The predicted octanol–water partition coefficient (Wildman–Crippen LogP) is 3.00. The van der Waals surface area contributed by atoms with Crippen molar-refractivity contribution in [2.45, 2.75) is 43.9 Å². The van der Waals surface area contributed by atoms with Gasteiger partial charge in [0.1, 0.15) is 18.7 Å². The molecule has 2 atom stereocenters. The zero-order chi connectivity index (χ0) is 27.5. The number of rotatable bonds is 13. The van der Waals surface area contributed by atoms with Gasteiger partial charge >= 0.3 is 6.09 Å². The van der Waals surface area contributed by atoms with E-state index in [0.717, 1.165) is 5.56 Å². The van der Waals surface area contributed by atoms with Crippen LogP contribution in [0.15, 0.2) is 78.2 Å². The van der Waals surface area contributed by atoms with Crippen molar-refractivity contribution in [1.82, 2.24) is 19.6 Å². The molecule has 204 valence electrons. The van der Waals surface area contributed by atoms with Crippen LogP contribution in [0.1, 0.15) is 25.0 Å². The van der Waals surface area contributed by atoms with E-state index in [4.69, 9.17) is 15.2 Å². The third kappa shape index (κ3) is 8.51. The second kappa shape index (κ2) is 13.8. The minimum atomic E-state index is -3.86. The molecule has 3 N–H and O–H groups in total. The Morgan fingerprint density at radius 3 is 2.26 bits per heavy atom. The Hall–Kier alpha value is -3.54. The van der Waals surface area contributed by atoms with Crippen LogP contribution in [-0.4, -0.2) is 61.1 Å². The molecule has 1 heterocycles. The molecule has 0 saturated heterocycles. The summed E-state index contributed by atoms with van der Waals surface area (Å²) in [6, 6.07) is 14.4. The Bertz CT molecular complexity index is 1240. The third-order valence-corrected chi connectivity index (χ3v) is 7.63. The van der Waals surface area contributed by atoms with Gasteiger partial charge in [-0.1, -0.05) is 44.2 Å². The van der Waals surface area contributed by atoms with Crippen molar-refractivity contribution in [3.05, 3.63) is 84.4 Å². The fourth-order valence-corrected chi connectivity index (χ4v) is 5.50. The number of benzene rings is 2. The number of nitrogens with two attached hydrogens (primary N) is 1. The highest BCUT2D eigenvalue weighted by Crippen LogP contribution is 2.21. The van der Waals surface area contributed by atoms with E-state index in [2.05, 4.69) is 15.3 Å². The maximum Gasteiger partial charge on any atom is 0.407 e. The fraction of sp³-hybridized carbons (Fsp3) is 0.370. The molecule has 10 nitrogen and oxygen atoms in total.